The van der Waals surface area contributed by atoms with Crippen LogP contribution in [0.1, 0.15) is 42.4 Å². The first kappa shape index (κ1) is 20.2. The van der Waals surface area contributed by atoms with E-state index in [1.54, 1.807) is 0 Å². The highest BCUT2D eigenvalue weighted by molar-refractivity contribution is 5.32. The second-order valence-corrected chi connectivity index (χ2v) is 7.59. The summed E-state index contributed by atoms with van der Waals surface area (Å²) in [5.74, 6) is 1.38. The fourth-order valence-corrected chi connectivity index (χ4v) is 3.44. The molecule has 146 valence electrons. The molecule has 3 aromatic rings. The summed E-state index contributed by atoms with van der Waals surface area (Å²) >= 11 is 0. The Kier molecular flexibility index (Phi) is 7.27. The second kappa shape index (κ2) is 10.1. The van der Waals surface area contributed by atoms with E-state index in [0.29, 0.717) is 5.92 Å². The van der Waals surface area contributed by atoms with E-state index >= 15 is 0 Å². The van der Waals surface area contributed by atoms with Gasteiger partial charge in [-0.3, -0.25) is 4.90 Å². The maximum Gasteiger partial charge on any atom is 0.149 e. The first-order valence-electron chi connectivity index (χ1n) is 10.2. The van der Waals surface area contributed by atoms with Crippen molar-refractivity contribution in [3.8, 4) is 5.75 Å². The van der Waals surface area contributed by atoms with E-state index in [-0.39, 0.29) is 6.23 Å². The SMILES string of the molecule is CC(Oc1ccc(CCCC(c2ccccc2)c2ccccc2)cc1)N(C)C. The lowest BCUT2D eigenvalue weighted by molar-refractivity contribution is 0.0815. The van der Waals surface area contributed by atoms with E-state index in [4.69, 9.17) is 4.74 Å². The smallest absolute Gasteiger partial charge is 0.149 e. The first-order valence-corrected chi connectivity index (χ1v) is 10.2. The van der Waals surface area contributed by atoms with Crippen LogP contribution in [0.15, 0.2) is 84.9 Å². The van der Waals surface area contributed by atoms with Crippen molar-refractivity contribution in [3.63, 3.8) is 0 Å². The standard InChI is InChI=1S/C26H31NO/c1-21(27(2)3)28-25-19-17-22(18-20-25)11-10-16-26(23-12-6-4-7-13-23)24-14-8-5-9-15-24/h4-9,12-15,17-21,26H,10-11,16H2,1-3H3. The zero-order valence-corrected chi connectivity index (χ0v) is 17.2. The van der Waals surface area contributed by atoms with Gasteiger partial charge in [0.05, 0.1) is 0 Å². The number of hydrogen-bond donors (Lipinski definition) is 0. The van der Waals surface area contributed by atoms with Gasteiger partial charge < -0.3 is 4.74 Å². The third-order valence-corrected chi connectivity index (χ3v) is 5.32. The van der Waals surface area contributed by atoms with E-state index in [1.165, 1.54) is 16.7 Å². The summed E-state index contributed by atoms with van der Waals surface area (Å²) in [6.45, 7) is 2.06. The summed E-state index contributed by atoms with van der Waals surface area (Å²) in [7, 11) is 4.05. The van der Waals surface area contributed by atoms with E-state index in [1.807, 2.05) is 14.1 Å². The van der Waals surface area contributed by atoms with Crippen LogP contribution < -0.4 is 4.74 Å². The van der Waals surface area contributed by atoms with Crippen LogP contribution in [0.25, 0.3) is 0 Å². The number of nitrogens with zero attached hydrogens (tertiary/aromatic N) is 1. The average molecular weight is 374 g/mol. The third-order valence-electron chi connectivity index (χ3n) is 5.32. The number of aryl methyl sites for hydroxylation is 1. The number of hydrogen-bond acceptors (Lipinski definition) is 2. The van der Waals surface area contributed by atoms with E-state index in [2.05, 4.69) is 96.8 Å². The molecule has 28 heavy (non-hydrogen) atoms. The number of ether oxygens (including phenoxy) is 1. The lowest BCUT2D eigenvalue weighted by Gasteiger charge is -2.21. The van der Waals surface area contributed by atoms with Gasteiger partial charge in [-0.1, -0.05) is 72.8 Å². The lowest BCUT2D eigenvalue weighted by atomic mass is 9.86. The van der Waals surface area contributed by atoms with Gasteiger partial charge in [0, 0.05) is 5.92 Å². The lowest BCUT2D eigenvalue weighted by Crippen LogP contribution is -2.30. The molecule has 2 heteroatoms. The maximum absolute atomic E-state index is 5.92. The molecule has 0 bridgehead atoms. The van der Waals surface area contributed by atoms with Crippen LogP contribution >= 0.6 is 0 Å². The zero-order valence-electron chi connectivity index (χ0n) is 17.2. The van der Waals surface area contributed by atoms with Gasteiger partial charge in [-0.05, 0) is 69.1 Å². The molecule has 0 amide bonds. The normalized spacial score (nSPS) is 12.3. The summed E-state index contributed by atoms with van der Waals surface area (Å²) in [4.78, 5) is 2.06. The molecule has 0 saturated heterocycles. The molecule has 0 aromatic heterocycles. The Bertz CT molecular complexity index is 773. The van der Waals surface area contributed by atoms with Gasteiger partial charge in [0.2, 0.25) is 0 Å². The van der Waals surface area contributed by atoms with Crippen LogP contribution in [0.5, 0.6) is 5.75 Å². The second-order valence-electron chi connectivity index (χ2n) is 7.59. The maximum atomic E-state index is 5.92. The van der Waals surface area contributed by atoms with Crippen LogP contribution in [0, 0.1) is 0 Å². The minimum atomic E-state index is 0.0725. The van der Waals surface area contributed by atoms with Crippen LogP contribution in [-0.4, -0.2) is 25.2 Å². The fourth-order valence-electron chi connectivity index (χ4n) is 3.44. The molecule has 0 aliphatic carbocycles. The Balaban J connectivity index is 1.60. The van der Waals surface area contributed by atoms with Crippen molar-refractivity contribution in [2.45, 2.75) is 38.3 Å². The van der Waals surface area contributed by atoms with Gasteiger partial charge in [0.1, 0.15) is 12.0 Å². The first-order chi connectivity index (χ1) is 13.6. The fraction of sp³-hybridized carbons (Fsp3) is 0.308. The highest BCUT2D eigenvalue weighted by Gasteiger charge is 2.13. The third kappa shape index (κ3) is 5.71. The predicted octanol–water partition coefficient (Wildman–Crippen LogP) is 6.13. The quantitative estimate of drug-likeness (QED) is 0.418. The Morgan fingerprint density at radius 1 is 0.750 bits per heavy atom. The highest BCUT2D eigenvalue weighted by Crippen LogP contribution is 2.29. The molecule has 1 unspecified atom stereocenters. The Labute approximate surface area is 169 Å². The van der Waals surface area contributed by atoms with Crippen molar-refractivity contribution in [1.82, 2.24) is 4.90 Å². The van der Waals surface area contributed by atoms with Gasteiger partial charge in [-0.15, -0.1) is 0 Å². The molecule has 1 atom stereocenters. The molecule has 0 radical (unpaired) electrons. The van der Waals surface area contributed by atoms with Crippen molar-refractivity contribution < 1.29 is 4.74 Å². The van der Waals surface area contributed by atoms with Crippen LogP contribution in [0.3, 0.4) is 0 Å². The van der Waals surface area contributed by atoms with Gasteiger partial charge in [-0.25, -0.2) is 0 Å². The summed E-state index contributed by atoms with van der Waals surface area (Å²) in [5, 5.41) is 0. The van der Waals surface area contributed by atoms with E-state index in [0.717, 1.165) is 25.0 Å². The minimum Gasteiger partial charge on any atom is -0.475 e. The Morgan fingerprint density at radius 2 is 1.29 bits per heavy atom. The summed E-state index contributed by atoms with van der Waals surface area (Å²) in [5.41, 5.74) is 4.16. The summed E-state index contributed by atoms with van der Waals surface area (Å²) in [6.07, 6.45) is 3.45. The van der Waals surface area contributed by atoms with Crippen molar-refractivity contribution in [1.29, 1.82) is 0 Å². The average Bonchev–Trinajstić information content (AvgIpc) is 2.73. The van der Waals surface area contributed by atoms with E-state index < -0.39 is 0 Å². The highest BCUT2D eigenvalue weighted by atomic mass is 16.5. The summed E-state index contributed by atoms with van der Waals surface area (Å²) in [6, 6.07) is 30.3. The number of benzene rings is 3. The molecular formula is C26H31NO. The minimum absolute atomic E-state index is 0.0725. The Morgan fingerprint density at radius 3 is 1.79 bits per heavy atom. The van der Waals surface area contributed by atoms with Crippen LogP contribution in [-0.2, 0) is 6.42 Å². The summed E-state index contributed by atoms with van der Waals surface area (Å²) < 4.78 is 5.92. The van der Waals surface area contributed by atoms with Gasteiger partial charge in [-0.2, -0.15) is 0 Å². The predicted molar refractivity (Wildman–Crippen MR) is 118 cm³/mol. The van der Waals surface area contributed by atoms with Gasteiger partial charge >= 0.3 is 0 Å². The monoisotopic (exact) mass is 373 g/mol. The molecular weight excluding hydrogens is 342 g/mol. The van der Waals surface area contributed by atoms with Crippen molar-refractivity contribution in [3.05, 3.63) is 102 Å². The molecule has 0 fully saturated rings. The van der Waals surface area contributed by atoms with Crippen LogP contribution in [0.4, 0.5) is 0 Å². The number of rotatable bonds is 9. The Hall–Kier alpha value is -2.58. The zero-order chi connectivity index (χ0) is 19.8. The molecule has 0 spiro atoms. The molecule has 3 rings (SSSR count). The molecule has 0 aliphatic rings. The van der Waals surface area contributed by atoms with E-state index in [9.17, 15) is 0 Å². The molecule has 0 N–H and O–H groups in total. The van der Waals surface area contributed by atoms with Gasteiger partial charge in [0.15, 0.2) is 0 Å². The molecule has 0 saturated carbocycles. The molecule has 3 aromatic carbocycles. The molecule has 2 nitrogen and oxygen atoms in total. The van der Waals surface area contributed by atoms with Gasteiger partial charge in [0.25, 0.3) is 0 Å². The van der Waals surface area contributed by atoms with Crippen molar-refractivity contribution in [2.75, 3.05) is 14.1 Å². The molecule has 0 aliphatic heterocycles. The van der Waals surface area contributed by atoms with Crippen molar-refractivity contribution >= 4 is 0 Å². The van der Waals surface area contributed by atoms with Crippen molar-refractivity contribution in [2.24, 2.45) is 0 Å². The molecule has 0 heterocycles. The van der Waals surface area contributed by atoms with Crippen LogP contribution in [0.2, 0.25) is 0 Å². The topological polar surface area (TPSA) is 12.5 Å². The largest absolute Gasteiger partial charge is 0.475 e.